The van der Waals surface area contributed by atoms with Crippen molar-refractivity contribution in [2.45, 2.75) is 26.7 Å². The molecule has 0 atom stereocenters. The summed E-state index contributed by atoms with van der Waals surface area (Å²) < 4.78 is 0. The van der Waals surface area contributed by atoms with E-state index in [0.29, 0.717) is 5.92 Å². The molecule has 0 saturated heterocycles. The lowest BCUT2D eigenvalue weighted by molar-refractivity contribution is 0.820. The van der Waals surface area contributed by atoms with Crippen LogP contribution in [-0.2, 0) is 0 Å². The van der Waals surface area contributed by atoms with E-state index in [-0.39, 0.29) is 0 Å². The highest BCUT2D eigenvalue weighted by molar-refractivity contribution is 9.09. The van der Waals surface area contributed by atoms with Gasteiger partial charge in [0.05, 0.1) is 0 Å². The van der Waals surface area contributed by atoms with Gasteiger partial charge in [-0.05, 0) is 18.8 Å². The monoisotopic (exact) mass is 190 g/mol. The molecule has 0 spiro atoms. The molecule has 0 fully saturated rings. The van der Waals surface area contributed by atoms with E-state index in [2.05, 4.69) is 41.9 Å². The molecule has 0 aromatic rings. The average Bonchev–Trinajstić information content (AvgIpc) is 1.80. The normalized spacial score (nSPS) is 11.6. The Morgan fingerprint density at radius 2 is 2.11 bits per heavy atom. The topological polar surface area (TPSA) is 0 Å². The molecule has 0 heterocycles. The maximum absolute atomic E-state index is 3.38. The minimum absolute atomic E-state index is 0.709. The molecule has 0 unspecified atom stereocenters. The summed E-state index contributed by atoms with van der Waals surface area (Å²) in [4.78, 5) is 0. The maximum atomic E-state index is 3.38. The third-order valence-corrected chi connectivity index (χ3v) is 1.59. The van der Waals surface area contributed by atoms with Crippen molar-refractivity contribution in [1.29, 1.82) is 0 Å². The van der Waals surface area contributed by atoms with Gasteiger partial charge < -0.3 is 0 Å². The van der Waals surface area contributed by atoms with Gasteiger partial charge in [-0.3, -0.25) is 0 Å². The fourth-order valence-electron chi connectivity index (χ4n) is 0.563. The Morgan fingerprint density at radius 1 is 1.44 bits per heavy atom. The van der Waals surface area contributed by atoms with Crippen LogP contribution < -0.4 is 0 Å². The van der Waals surface area contributed by atoms with Gasteiger partial charge in [-0.25, -0.2) is 0 Å². The molecule has 54 valence electrons. The Hall–Kier alpha value is 0.220. The highest BCUT2D eigenvalue weighted by Gasteiger charge is 1.82. The second kappa shape index (κ2) is 6.34. The summed E-state index contributed by atoms with van der Waals surface area (Å²) in [6.45, 7) is 4.40. The predicted molar refractivity (Wildman–Crippen MR) is 47.0 cm³/mol. The van der Waals surface area contributed by atoms with E-state index >= 15 is 0 Å². The summed E-state index contributed by atoms with van der Waals surface area (Å²) in [5, 5.41) is 1.12. The van der Waals surface area contributed by atoms with Crippen LogP contribution in [0.3, 0.4) is 0 Å². The number of hydrogen-bond donors (Lipinski definition) is 0. The molecule has 0 rings (SSSR count). The number of halogens is 1. The third kappa shape index (κ3) is 8.22. The minimum atomic E-state index is 0.709. The van der Waals surface area contributed by atoms with Gasteiger partial charge in [0.15, 0.2) is 0 Å². The summed E-state index contributed by atoms with van der Waals surface area (Å²) in [5.41, 5.74) is 0. The van der Waals surface area contributed by atoms with Crippen LogP contribution in [-0.4, -0.2) is 5.33 Å². The Balaban J connectivity index is 3.04. The van der Waals surface area contributed by atoms with Gasteiger partial charge in [-0.2, -0.15) is 0 Å². The lowest BCUT2D eigenvalue weighted by Gasteiger charge is -1.92. The Labute approximate surface area is 66.5 Å². The van der Waals surface area contributed by atoms with Crippen molar-refractivity contribution in [2.75, 3.05) is 5.33 Å². The lowest BCUT2D eigenvalue weighted by atomic mass is 10.2. The molecule has 0 amide bonds. The summed E-state index contributed by atoms with van der Waals surface area (Å²) in [7, 11) is 0. The van der Waals surface area contributed by atoms with Crippen molar-refractivity contribution in [2.24, 2.45) is 5.92 Å². The zero-order valence-electron chi connectivity index (χ0n) is 6.23. The van der Waals surface area contributed by atoms with Gasteiger partial charge in [0.1, 0.15) is 0 Å². The minimum Gasteiger partial charge on any atom is -0.0928 e. The van der Waals surface area contributed by atoms with Crippen molar-refractivity contribution in [1.82, 2.24) is 0 Å². The van der Waals surface area contributed by atoms with Gasteiger partial charge in [-0.15, -0.1) is 0 Å². The van der Waals surface area contributed by atoms with Gasteiger partial charge >= 0.3 is 0 Å². The quantitative estimate of drug-likeness (QED) is 0.363. The smallest absolute Gasteiger partial charge is 0.00342 e. The zero-order valence-corrected chi connectivity index (χ0v) is 7.82. The summed E-state index contributed by atoms with van der Waals surface area (Å²) in [5.74, 6) is 0.709. The van der Waals surface area contributed by atoms with Gasteiger partial charge in [0, 0.05) is 5.33 Å². The summed E-state index contributed by atoms with van der Waals surface area (Å²) >= 11 is 3.38. The first-order chi connectivity index (χ1) is 4.27. The Morgan fingerprint density at radius 3 is 2.56 bits per heavy atom. The fraction of sp³-hybridized carbons (Fsp3) is 0.750. The van der Waals surface area contributed by atoms with Crippen LogP contribution in [0.2, 0.25) is 0 Å². The highest BCUT2D eigenvalue weighted by Crippen LogP contribution is 1.99. The fourth-order valence-corrected chi connectivity index (χ4v) is 0.887. The van der Waals surface area contributed by atoms with Crippen molar-refractivity contribution in [3.63, 3.8) is 0 Å². The SMILES string of the molecule is CC(C)/C=C/CCCBr. The van der Waals surface area contributed by atoms with E-state index in [4.69, 9.17) is 0 Å². The van der Waals surface area contributed by atoms with E-state index in [1.165, 1.54) is 12.8 Å². The Kier molecular flexibility index (Phi) is 6.50. The highest BCUT2D eigenvalue weighted by atomic mass is 79.9. The van der Waals surface area contributed by atoms with Crippen molar-refractivity contribution in [3.05, 3.63) is 12.2 Å². The maximum Gasteiger partial charge on any atom is 0.00342 e. The van der Waals surface area contributed by atoms with Crippen LogP contribution in [0.5, 0.6) is 0 Å². The third-order valence-electron chi connectivity index (χ3n) is 1.03. The first-order valence-corrected chi connectivity index (χ1v) is 4.62. The van der Waals surface area contributed by atoms with Crippen molar-refractivity contribution >= 4 is 15.9 Å². The zero-order chi connectivity index (χ0) is 7.11. The molecule has 0 aliphatic carbocycles. The van der Waals surface area contributed by atoms with E-state index in [0.717, 1.165) is 5.33 Å². The number of hydrogen-bond acceptors (Lipinski definition) is 0. The molecule has 0 N–H and O–H groups in total. The molecule has 0 aliphatic heterocycles. The average molecular weight is 191 g/mol. The molecular formula is C8H15Br. The predicted octanol–water partition coefficient (Wildman–Crippen LogP) is 3.37. The van der Waals surface area contributed by atoms with E-state index < -0.39 is 0 Å². The molecule has 1 heteroatoms. The Bertz CT molecular complexity index is 74.6. The second-order valence-corrected chi connectivity index (χ2v) is 3.30. The van der Waals surface area contributed by atoms with Gasteiger partial charge in [-0.1, -0.05) is 41.9 Å². The molecule has 0 nitrogen and oxygen atoms in total. The number of unbranched alkanes of at least 4 members (excludes halogenated alkanes) is 1. The van der Waals surface area contributed by atoms with Crippen molar-refractivity contribution < 1.29 is 0 Å². The lowest BCUT2D eigenvalue weighted by Crippen LogP contribution is -1.77. The van der Waals surface area contributed by atoms with Crippen LogP contribution in [0, 0.1) is 5.92 Å². The summed E-state index contributed by atoms with van der Waals surface area (Å²) in [6, 6.07) is 0. The summed E-state index contributed by atoms with van der Waals surface area (Å²) in [6.07, 6.45) is 6.97. The molecule has 9 heavy (non-hydrogen) atoms. The second-order valence-electron chi connectivity index (χ2n) is 2.50. The van der Waals surface area contributed by atoms with E-state index in [1.807, 2.05) is 0 Å². The van der Waals surface area contributed by atoms with Crippen LogP contribution >= 0.6 is 15.9 Å². The number of allylic oxidation sites excluding steroid dienone is 2. The largest absolute Gasteiger partial charge is 0.0928 e. The first-order valence-electron chi connectivity index (χ1n) is 3.50. The number of alkyl halides is 1. The van der Waals surface area contributed by atoms with Crippen molar-refractivity contribution in [3.8, 4) is 0 Å². The van der Waals surface area contributed by atoms with Gasteiger partial charge in [0.2, 0.25) is 0 Å². The number of rotatable bonds is 4. The molecule has 0 aliphatic rings. The van der Waals surface area contributed by atoms with Crippen LogP contribution in [0.4, 0.5) is 0 Å². The van der Waals surface area contributed by atoms with E-state index in [1.54, 1.807) is 0 Å². The van der Waals surface area contributed by atoms with Gasteiger partial charge in [0.25, 0.3) is 0 Å². The molecule has 0 saturated carbocycles. The molecular weight excluding hydrogens is 176 g/mol. The standard InChI is InChI=1S/C8H15Br/c1-8(2)6-4-3-5-7-9/h4,6,8H,3,5,7H2,1-2H3/b6-4+. The molecule has 0 aromatic carbocycles. The molecule has 0 aromatic heterocycles. The van der Waals surface area contributed by atoms with E-state index in [9.17, 15) is 0 Å². The molecule has 0 radical (unpaired) electrons. The molecule has 0 bridgehead atoms. The van der Waals surface area contributed by atoms with Crippen LogP contribution in [0.25, 0.3) is 0 Å². The first kappa shape index (κ1) is 9.22. The van der Waals surface area contributed by atoms with Crippen LogP contribution in [0.15, 0.2) is 12.2 Å². The van der Waals surface area contributed by atoms with Crippen LogP contribution in [0.1, 0.15) is 26.7 Å².